The molecule has 0 atom stereocenters. The van der Waals surface area contributed by atoms with Crippen molar-refractivity contribution in [1.82, 2.24) is 24.6 Å². The minimum atomic E-state index is 0.447. The fourth-order valence-electron chi connectivity index (χ4n) is 6.12. The maximum absolute atomic E-state index is 5.23. The van der Waals surface area contributed by atoms with E-state index in [1.807, 2.05) is 36.8 Å². The van der Waals surface area contributed by atoms with Crippen LogP contribution in [0.4, 0.5) is 11.8 Å². The molecule has 0 aliphatic heterocycles. The van der Waals surface area contributed by atoms with Gasteiger partial charge in [0.25, 0.3) is 0 Å². The SMILES string of the molecule is c1cc(-c2ccncc2)cc(-c2nn3c(NC4CCCC4)cccc3c2-c2ccnc(NC3CCCC3)n2)c1. The van der Waals surface area contributed by atoms with Gasteiger partial charge < -0.3 is 10.6 Å². The maximum atomic E-state index is 5.23. The van der Waals surface area contributed by atoms with Crippen molar-refractivity contribution in [3.63, 3.8) is 0 Å². The van der Waals surface area contributed by atoms with Crippen molar-refractivity contribution in [3.05, 3.63) is 79.3 Å². The molecule has 0 amide bonds. The Bertz CT molecular complexity index is 1580. The van der Waals surface area contributed by atoms with Gasteiger partial charge in [0.05, 0.1) is 16.8 Å². The number of hydrogen-bond donors (Lipinski definition) is 2. The average molecular weight is 516 g/mol. The summed E-state index contributed by atoms with van der Waals surface area (Å²) in [5.74, 6) is 1.71. The first-order valence-corrected chi connectivity index (χ1v) is 14.2. The first-order chi connectivity index (χ1) is 19.3. The van der Waals surface area contributed by atoms with Gasteiger partial charge in [-0.1, -0.05) is 49.9 Å². The van der Waals surface area contributed by atoms with Crippen LogP contribution in [0.2, 0.25) is 0 Å². The molecule has 7 nitrogen and oxygen atoms in total. The summed E-state index contributed by atoms with van der Waals surface area (Å²) in [6.07, 6.45) is 15.4. The Labute approximate surface area is 228 Å². The van der Waals surface area contributed by atoms with E-state index in [4.69, 9.17) is 10.1 Å². The second-order valence-corrected chi connectivity index (χ2v) is 10.8. The zero-order valence-corrected chi connectivity index (χ0v) is 22.1. The Morgan fingerprint density at radius 3 is 2.21 bits per heavy atom. The molecule has 0 spiro atoms. The highest BCUT2D eigenvalue weighted by molar-refractivity contribution is 5.92. The number of benzene rings is 1. The lowest BCUT2D eigenvalue weighted by Gasteiger charge is -2.14. The normalized spacial score (nSPS) is 16.2. The van der Waals surface area contributed by atoms with Gasteiger partial charge in [-0.15, -0.1) is 0 Å². The van der Waals surface area contributed by atoms with Crippen molar-refractivity contribution >= 4 is 17.3 Å². The minimum Gasteiger partial charge on any atom is -0.367 e. The summed E-state index contributed by atoms with van der Waals surface area (Å²) in [5.41, 5.74) is 7.17. The van der Waals surface area contributed by atoms with Crippen LogP contribution < -0.4 is 10.6 Å². The molecule has 1 aromatic carbocycles. The number of fused-ring (bicyclic) bond motifs is 1. The van der Waals surface area contributed by atoms with Crippen LogP contribution in [0.5, 0.6) is 0 Å². The van der Waals surface area contributed by atoms with E-state index in [1.54, 1.807) is 0 Å². The molecule has 0 saturated heterocycles. The maximum Gasteiger partial charge on any atom is 0.223 e. The number of rotatable bonds is 7. The summed E-state index contributed by atoms with van der Waals surface area (Å²) in [7, 11) is 0. The number of aromatic nitrogens is 5. The van der Waals surface area contributed by atoms with Gasteiger partial charge in [-0.25, -0.2) is 14.5 Å². The summed E-state index contributed by atoms with van der Waals surface area (Å²) in [5, 5.41) is 12.6. The van der Waals surface area contributed by atoms with E-state index in [0.717, 1.165) is 45.0 Å². The second kappa shape index (κ2) is 10.5. The molecule has 2 aliphatic rings. The zero-order chi connectivity index (χ0) is 26.0. The van der Waals surface area contributed by atoms with Crippen LogP contribution in [0, 0.1) is 0 Å². The minimum absolute atomic E-state index is 0.447. The second-order valence-electron chi connectivity index (χ2n) is 10.8. The van der Waals surface area contributed by atoms with E-state index < -0.39 is 0 Å². The van der Waals surface area contributed by atoms with E-state index >= 15 is 0 Å². The highest BCUT2D eigenvalue weighted by atomic mass is 15.3. The van der Waals surface area contributed by atoms with Crippen LogP contribution in [0.1, 0.15) is 51.4 Å². The van der Waals surface area contributed by atoms with Crippen LogP contribution in [0.3, 0.4) is 0 Å². The van der Waals surface area contributed by atoms with E-state index in [-0.39, 0.29) is 0 Å². The van der Waals surface area contributed by atoms with Crippen molar-refractivity contribution in [2.45, 2.75) is 63.5 Å². The van der Waals surface area contributed by atoms with Crippen molar-refractivity contribution in [2.24, 2.45) is 0 Å². The molecule has 0 radical (unpaired) electrons. The zero-order valence-electron chi connectivity index (χ0n) is 22.1. The van der Waals surface area contributed by atoms with E-state index in [2.05, 4.69) is 67.6 Å². The Balaban J connectivity index is 1.37. The van der Waals surface area contributed by atoms with Crippen LogP contribution in [-0.4, -0.2) is 36.6 Å². The first-order valence-electron chi connectivity index (χ1n) is 14.2. The van der Waals surface area contributed by atoms with E-state index in [9.17, 15) is 0 Å². The molecule has 4 aromatic heterocycles. The molecule has 2 saturated carbocycles. The molecular weight excluding hydrogens is 482 g/mol. The molecule has 2 aliphatic carbocycles. The van der Waals surface area contributed by atoms with Crippen LogP contribution >= 0.6 is 0 Å². The highest BCUT2D eigenvalue weighted by Crippen LogP contribution is 2.37. The lowest BCUT2D eigenvalue weighted by atomic mass is 9.99. The van der Waals surface area contributed by atoms with Crippen molar-refractivity contribution < 1.29 is 0 Å². The third-order valence-electron chi connectivity index (χ3n) is 8.11. The number of nitrogens with zero attached hydrogens (tertiary/aromatic N) is 5. The Morgan fingerprint density at radius 2 is 1.41 bits per heavy atom. The quantitative estimate of drug-likeness (QED) is 0.238. The Hall–Kier alpha value is -4.26. The fraction of sp³-hybridized carbons (Fsp3) is 0.312. The standard InChI is InChI=1S/C32H33N7/c1-2-10-25(9-1)35-29-14-6-13-28-30(27-17-20-34-32(37-27)36-26-11-3-4-12-26)31(38-39(28)29)24-8-5-7-23(21-24)22-15-18-33-19-16-22/h5-8,13-21,25-26,35H,1-4,9-12H2,(H,34,36,37). The molecule has 196 valence electrons. The third-order valence-corrected chi connectivity index (χ3v) is 8.11. The fourth-order valence-corrected chi connectivity index (χ4v) is 6.12. The van der Waals surface area contributed by atoms with Crippen LogP contribution in [0.25, 0.3) is 39.2 Å². The van der Waals surface area contributed by atoms with Gasteiger partial charge in [0.15, 0.2) is 0 Å². The van der Waals surface area contributed by atoms with Crippen molar-refractivity contribution in [2.75, 3.05) is 10.6 Å². The van der Waals surface area contributed by atoms with Gasteiger partial charge in [-0.2, -0.15) is 5.10 Å². The first kappa shape index (κ1) is 23.8. The van der Waals surface area contributed by atoms with Crippen LogP contribution in [0.15, 0.2) is 79.3 Å². The third kappa shape index (κ3) is 4.85. The Morgan fingerprint density at radius 1 is 0.692 bits per heavy atom. The summed E-state index contributed by atoms with van der Waals surface area (Å²) in [4.78, 5) is 13.8. The molecule has 0 bridgehead atoms. The van der Waals surface area contributed by atoms with E-state index in [0.29, 0.717) is 18.0 Å². The van der Waals surface area contributed by atoms with Gasteiger partial charge in [0.2, 0.25) is 5.95 Å². The predicted molar refractivity (Wildman–Crippen MR) is 157 cm³/mol. The summed E-state index contributed by atoms with van der Waals surface area (Å²) < 4.78 is 2.06. The predicted octanol–water partition coefficient (Wildman–Crippen LogP) is 7.23. The molecule has 4 heterocycles. The summed E-state index contributed by atoms with van der Waals surface area (Å²) >= 11 is 0. The number of nitrogens with one attached hydrogen (secondary N) is 2. The van der Waals surface area contributed by atoms with Gasteiger partial charge >= 0.3 is 0 Å². The monoisotopic (exact) mass is 515 g/mol. The highest BCUT2D eigenvalue weighted by Gasteiger charge is 2.23. The van der Waals surface area contributed by atoms with Gasteiger partial charge in [0.1, 0.15) is 11.5 Å². The van der Waals surface area contributed by atoms with Gasteiger partial charge in [-0.3, -0.25) is 4.98 Å². The molecule has 7 heteroatoms. The summed E-state index contributed by atoms with van der Waals surface area (Å²) in [6, 6.07) is 22.0. The average Bonchev–Trinajstić information content (AvgIpc) is 3.76. The van der Waals surface area contributed by atoms with Crippen LogP contribution in [-0.2, 0) is 0 Å². The molecule has 0 unspecified atom stereocenters. The van der Waals surface area contributed by atoms with Crippen molar-refractivity contribution in [3.8, 4) is 33.6 Å². The lowest BCUT2D eigenvalue weighted by Crippen LogP contribution is -2.17. The molecule has 39 heavy (non-hydrogen) atoms. The van der Waals surface area contributed by atoms with Gasteiger partial charge in [0, 0.05) is 36.2 Å². The molecule has 5 aromatic rings. The summed E-state index contributed by atoms with van der Waals surface area (Å²) in [6.45, 7) is 0. The largest absolute Gasteiger partial charge is 0.367 e. The molecule has 2 fully saturated rings. The molecule has 7 rings (SSSR count). The van der Waals surface area contributed by atoms with Gasteiger partial charge in [-0.05, 0) is 73.2 Å². The molecular formula is C32H33N7. The number of pyridine rings is 2. The van der Waals surface area contributed by atoms with Crippen molar-refractivity contribution in [1.29, 1.82) is 0 Å². The molecule has 2 N–H and O–H groups in total. The Kier molecular flexibility index (Phi) is 6.40. The number of anilines is 2. The number of hydrogen-bond acceptors (Lipinski definition) is 6. The lowest BCUT2D eigenvalue weighted by molar-refractivity contribution is 0.742. The topological polar surface area (TPSA) is 80.0 Å². The van der Waals surface area contributed by atoms with E-state index in [1.165, 1.54) is 51.4 Å². The smallest absolute Gasteiger partial charge is 0.223 e.